The van der Waals surface area contributed by atoms with Gasteiger partial charge in [0.2, 0.25) is 0 Å². The number of hydrogen-bond acceptors (Lipinski definition) is 2. The van der Waals surface area contributed by atoms with Crippen molar-refractivity contribution in [1.29, 1.82) is 0 Å². The Labute approximate surface area is 153 Å². The predicted octanol–water partition coefficient (Wildman–Crippen LogP) is 6.91. The van der Waals surface area contributed by atoms with E-state index in [0.717, 1.165) is 32.4 Å². The van der Waals surface area contributed by atoms with Crippen molar-refractivity contribution in [2.45, 2.75) is 130 Å². The highest BCUT2D eigenvalue weighted by atomic mass is 16.3. The maximum atomic E-state index is 10.3. The van der Waals surface area contributed by atoms with Gasteiger partial charge < -0.3 is 5.11 Å². The minimum atomic E-state index is -0.211. The Kier molecular flexibility index (Phi) is 19.2. The van der Waals surface area contributed by atoms with Gasteiger partial charge in [-0.05, 0) is 25.7 Å². The number of rotatable bonds is 19. The fraction of sp³-hybridized carbons (Fsp3) is 1.00. The van der Waals surface area contributed by atoms with Crippen molar-refractivity contribution in [3.8, 4) is 0 Å². The lowest BCUT2D eigenvalue weighted by Crippen LogP contribution is -2.36. The monoisotopic (exact) mass is 341 g/mol. The molecule has 0 saturated heterocycles. The minimum absolute atomic E-state index is 0.211. The van der Waals surface area contributed by atoms with Gasteiger partial charge in [-0.25, -0.2) is 0 Å². The third-order valence-corrected chi connectivity index (χ3v) is 5.01. The third kappa shape index (κ3) is 15.4. The fourth-order valence-electron chi connectivity index (χ4n) is 3.51. The molecule has 2 heteroatoms. The summed E-state index contributed by atoms with van der Waals surface area (Å²) in [6.45, 7) is 8.75. The van der Waals surface area contributed by atoms with Crippen LogP contribution in [0.5, 0.6) is 0 Å². The molecule has 0 bridgehead atoms. The van der Waals surface area contributed by atoms with E-state index < -0.39 is 0 Å². The van der Waals surface area contributed by atoms with Crippen LogP contribution in [0.25, 0.3) is 0 Å². The van der Waals surface area contributed by atoms with Gasteiger partial charge in [0.05, 0.1) is 0 Å². The molecule has 0 aliphatic heterocycles. The summed E-state index contributed by atoms with van der Waals surface area (Å²) < 4.78 is 0. The molecule has 0 aliphatic carbocycles. The molecule has 0 spiro atoms. The molecular weight excluding hydrogens is 294 g/mol. The smallest absolute Gasteiger partial charge is 0.107 e. The van der Waals surface area contributed by atoms with Crippen LogP contribution in [0, 0.1) is 0 Å². The maximum absolute atomic E-state index is 10.3. The predicted molar refractivity (Wildman–Crippen MR) is 108 cm³/mol. The zero-order valence-corrected chi connectivity index (χ0v) is 17.2. The minimum Gasteiger partial charge on any atom is -0.378 e. The van der Waals surface area contributed by atoms with Gasteiger partial charge in [0.15, 0.2) is 0 Å². The van der Waals surface area contributed by atoms with Gasteiger partial charge in [0, 0.05) is 13.1 Å². The lowest BCUT2D eigenvalue weighted by molar-refractivity contribution is -0.00409. The fourth-order valence-corrected chi connectivity index (χ4v) is 3.51. The summed E-state index contributed by atoms with van der Waals surface area (Å²) in [5, 5.41) is 10.3. The average Bonchev–Trinajstić information content (AvgIpc) is 2.58. The highest BCUT2D eigenvalue weighted by Crippen LogP contribution is 2.14. The molecule has 0 aromatic heterocycles. The Morgan fingerprint density at radius 1 is 0.542 bits per heavy atom. The quantitative estimate of drug-likeness (QED) is 0.204. The second-order valence-corrected chi connectivity index (χ2v) is 7.55. The number of nitrogens with zero attached hydrogens (tertiary/aromatic N) is 1. The van der Waals surface area contributed by atoms with Crippen LogP contribution in [0.3, 0.4) is 0 Å². The summed E-state index contributed by atoms with van der Waals surface area (Å²) in [4.78, 5) is 2.25. The number of hydrogen-bond donors (Lipinski definition) is 1. The largest absolute Gasteiger partial charge is 0.378 e. The average molecular weight is 342 g/mol. The van der Waals surface area contributed by atoms with Crippen molar-refractivity contribution < 1.29 is 5.11 Å². The van der Waals surface area contributed by atoms with Gasteiger partial charge in [-0.15, -0.1) is 0 Å². The number of aliphatic hydroxyl groups is 1. The summed E-state index contributed by atoms with van der Waals surface area (Å²) >= 11 is 0. The zero-order valence-electron chi connectivity index (χ0n) is 17.2. The van der Waals surface area contributed by atoms with Crippen molar-refractivity contribution in [1.82, 2.24) is 4.90 Å². The molecule has 146 valence electrons. The summed E-state index contributed by atoms with van der Waals surface area (Å²) in [6.07, 6.45) is 21.1. The van der Waals surface area contributed by atoms with E-state index in [-0.39, 0.29) is 6.23 Å². The van der Waals surface area contributed by atoms with Gasteiger partial charge in [-0.3, -0.25) is 4.90 Å². The summed E-state index contributed by atoms with van der Waals surface area (Å²) in [7, 11) is 0. The van der Waals surface area contributed by atoms with Crippen LogP contribution < -0.4 is 0 Å². The van der Waals surface area contributed by atoms with Crippen LogP contribution in [-0.2, 0) is 0 Å². The molecule has 0 aromatic carbocycles. The Balaban J connectivity index is 3.32. The summed E-state index contributed by atoms with van der Waals surface area (Å²) in [5.74, 6) is 0. The molecule has 1 unspecified atom stereocenters. The first-order valence-electron chi connectivity index (χ1n) is 11.2. The van der Waals surface area contributed by atoms with E-state index in [1.807, 2.05) is 0 Å². The van der Waals surface area contributed by atoms with Gasteiger partial charge >= 0.3 is 0 Å². The van der Waals surface area contributed by atoms with Crippen molar-refractivity contribution in [2.24, 2.45) is 0 Å². The van der Waals surface area contributed by atoms with Crippen LogP contribution in [0.1, 0.15) is 124 Å². The van der Waals surface area contributed by atoms with Crippen LogP contribution in [0.2, 0.25) is 0 Å². The van der Waals surface area contributed by atoms with E-state index >= 15 is 0 Å². The van der Waals surface area contributed by atoms with E-state index in [4.69, 9.17) is 0 Å². The maximum Gasteiger partial charge on any atom is 0.107 e. The highest BCUT2D eigenvalue weighted by Gasteiger charge is 2.12. The molecule has 0 amide bonds. The Morgan fingerprint density at radius 3 is 1.29 bits per heavy atom. The van der Waals surface area contributed by atoms with Crippen LogP contribution in [0.4, 0.5) is 0 Å². The molecule has 0 aliphatic rings. The van der Waals surface area contributed by atoms with Gasteiger partial charge in [-0.1, -0.05) is 97.8 Å². The lowest BCUT2D eigenvalue weighted by atomic mass is 10.0. The number of unbranched alkanes of at least 4 members (excludes halogenated alkanes) is 12. The first-order valence-corrected chi connectivity index (χ1v) is 11.2. The van der Waals surface area contributed by atoms with Crippen molar-refractivity contribution in [3.05, 3.63) is 0 Å². The van der Waals surface area contributed by atoms with Gasteiger partial charge in [0.1, 0.15) is 6.23 Å². The molecule has 24 heavy (non-hydrogen) atoms. The standard InChI is InChI=1S/C22H47NO/c1-4-7-8-9-10-11-12-13-14-15-16-17-18-19-22(24)23(20-5-2)21-6-3/h22,24H,4-21H2,1-3H3. The molecule has 0 fully saturated rings. The molecule has 2 nitrogen and oxygen atoms in total. The van der Waals surface area contributed by atoms with Crippen molar-refractivity contribution in [2.75, 3.05) is 13.1 Å². The van der Waals surface area contributed by atoms with E-state index in [1.165, 1.54) is 83.5 Å². The number of aliphatic hydroxyl groups excluding tert-OH is 1. The summed E-state index contributed by atoms with van der Waals surface area (Å²) in [5.41, 5.74) is 0. The Bertz CT molecular complexity index is 226. The molecule has 0 rings (SSSR count). The molecule has 0 heterocycles. The van der Waals surface area contributed by atoms with E-state index in [0.29, 0.717) is 0 Å². The second kappa shape index (κ2) is 19.2. The van der Waals surface area contributed by atoms with Crippen molar-refractivity contribution in [3.63, 3.8) is 0 Å². The Morgan fingerprint density at radius 2 is 0.917 bits per heavy atom. The normalized spacial score (nSPS) is 12.9. The van der Waals surface area contributed by atoms with Crippen LogP contribution >= 0.6 is 0 Å². The molecule has 0 saturated carbocycles. The topological polar surface area (TPSA) is 23.5 Å². The van der Waals surface area contributed by atoms with Crippen LogP contribution in [-0.4, -0.2) is 29.3 Å². The van der Waals surface area contributed by atoms with E-state index in [1.54, 1.807) is 0 Å². The molecule has 0 radical (unpaired) electrons. The van der Waals surface area contributed by atoms with E-state index in [9.17, 15) is 5.11 Å². The SMILES string of the molecule is CCCCCCCCCCCCCCCC(O)N(CCC)CCC. The molecular formula is C22H47NO. The first-order chi connectivity index (χ1) is 11.8. The summed E-state index contributed by atoms with van der Waals surface area (Å²) in [6, 6.07) is 0. The lowest BCUT2D eigenvalue weighted by Gasteiger charge is -2.27. The molecule has 0 aromatic rings. The first kappa shape index (κ1) is 23.9. The van der Waals surface area contributed by atoms with Gasteiger partial charge in [0.25, 0.3) is 0 Å². The zero-order chi connectivity index (χ0) is 17.9. The van der Waals surface area contributed by atoms with Gasteiger partial charge in [-0.2, -0.15) is 0 Å². The Hall–Kier alpha value is -0.0800. The molecule has 1 atom stereocenters. The van der Waals surface area contributed by atoms with Crippen molar-refractivity contribution >= 4 is 0 Å². The highest BCUT2D eigenvalue weighted by molar-refractivity contribution is 4.61. The van der Waals surface area contributed by atoms with E-state index in [2.05, 4.69) is 25.7 Å². The molecule has 1 N–H and O–H groups in total. The van der Waals surface area contributed by atoms with Crippen LogP contribution in [0.15, 0.2) is 0 Å². The second-order valence-electron chi connectivity index (χ2n) is 7.55. The third-order valence-electron chi connectivity index (χ3n) is 5.01.